The Labute approximate surface area is 166 Å². The first kappa shape index (κ1) is 21.3. The van der Waals surface area contributed by atoms with Gasteiger partial charge in [-0.2, -0.15) is 5.09 Å². The van der Waals surface area contributed by atoms with Crippen LogP contribution >= 0.6 is 23.7 Å². The minimum atomic E-state index is -4.00. The van der Waals surface area contributed by atoms with Crippen LogP contribution in [-0.2, 0) is 14.1 Å². The van der Waals surface area contributed by atoms with Gasteiger partial charge in [0, 0.05) is 4.47 Å². The lowest BCUT2D eigenvalue weighted by Crippen LogP contribution is -2.36. The zero-order chi connectivity index (χ0) is 20.0. The summed E-state index contributed by atoms with van der Waals surface area (Å²) in [5.41, 5.74) is 6.19. The molecule has 0 aliphatic carbocycles. The van der Waals surface area contributed by atoms with Gasteiger partial charge >= 0.3 is 13.7 Å². The first-order valence-corrected chi connectivity index (χ1v) is 10.6. The summed E-state index contributed by atoms with van der Waals surface area (Å²) in [5.74, 6) is -0.0999. The summed E-state index contributed by atoms with van der Waals surface area (Å²) >= 11 is 3.30. The van der Waals surface area contributed by atoms with Gasteiger partial charge in [0.1, 0.15) is 11.8 Å². The second-order valence-corrected chi connectivity index (χ2v) is 8.55. The normalized spacial score (nSPS) is 14.3. The number of halogens is 1. The minimum Gasteiger partial charge on any atom is -0.462 e. The van der Waals surface area contributed by atoms with E-state index < -0.39 is 19.8 Å². The van der Waals surface area contributed by atoms with E-state index in [-0.39, 0.29) is 17.5 Å². The van der Waals surface area contributed by atoms with Gasteiger partial charge < -0.3 is 19.5 Å². The van der Waals surface area contributed by atoms with E-state index in [0.29, 0.717) is 5.75 Å². The number of nitrogens with two attached hydrogens (primary N) is 1. The summed E-state index contributed by atoms with van der Waals surface area (Å²) in [6.45, 7) is 4.97. The molecule has 146 valence electrons. The maximum atomic E-state index is 13.4. The second-order valence-electron chi connectivity index (χ2n) is 6.01. The topological polar surface area (TPSA) is 99.9 Å². The number of nitrogens with one attached hydrogen (secondary N) is 1. The molecule has 27 heavy (non-hydrogen) atoms. The molecule has 9 heteroatoms. The molecular weight excluding hydrogens is 435 g/mol. The molecule has 0 bridgehead atoms. The lowest BCUT2D eigenvalue weighted by atomic mass is 10.3. The number of anilines is 1. The Morgan fingerprint density at radius 1 is 1.11 bits per heavy atom. The van der Waals surface area contributed by atoms with Crippen molar-refractivity contribution in [3.8, 4) is 11.5 Å². The summed E-state index contributed by atoms with van der Waals surface area (Å²) in [5, 5.41) is 2.61. The summed E-state index contributed by atoms with van der Waals surface area (Å²) < 4.78 is 30.4. The number of nitrogen functional groups attached to an aromatic ring is 1. The third kappa shape index (κ3) is 6.57. The summed E-state index contributed by atoms with van der Waals surface area (Å²) in [4.78, 5) is 12.1. The van der Waals surface area contributed by atoms with Crippen LogP contribution in [0, 0.1) is 0 Å². The van der Waals surface area contributed by atoms with Gasteiger partial charge in [0.15, 0.2) is 5.75 Å². The van der Waals surface area contributed by atoms with Gasteiger partial charge in [-0.3, -0.25) is 4.79 Å². The number of benzene rings is 2. The number of para-hydroxylation sites is 1. The Bertz CT molecular complexity index is 832. The Kier molecular flexibility index (Phi) is 7.30. The molecule has 2 aromatic rings. The van der Waals surface area contributed by atoms with Gasteiger partial charge in [0.05, 0.1) is 11.8 Å². The minimum absolute atomic E-state index is 0.161. The van der Waals surface area contributed by atoms with Crippen LogP contribution < -0.4 is 19.9 Å². The molecular formula is C18H22BrN2O5P. The average molecular weight is 457 g/mol. The standard InChI is InChI=1S/C18H22BrN2O5P/c1-12(2)24-18(22)13(3)21-27(23,25-15-7-5-4-6-8-15)26-17-10-9-14(19)11-16(17)20/h4-13H,20H2,1-3H3,(H,21,23)/t13-,27?/m0/s1. The number of rotatable bonds is 8. The first-order chi connectivity index (χ1) is 12.7. The second kappa shape index (κ2) is 9.26. The molecule has 0 radical (unpaired) electrons. The molecule has 0 amide bonds. The zero-order valence-corrected chi connectivity index (χ0v) is 17.7. The van der Waals surface area contributed by atoms with E-state index in [0.717, 1.165) is 4.47 Å². The van der Waals surface area contributed by atoms with E-state index in [2.05, 4.69) is 21.0 Å². The van der Waals surface area contributed by atoms with E-state index in [1.165, 1.54) is 6.92 Å². The monoisotopic (exact) mass is 456 g/mol. The highest BCUT2D eigenvalue weighted by Gasteiger charge is 2.34. The Morgan fingerprint density at radius 3 is 2.37 bits per heavy atom. The zero-order valence-electron chi connectivity index (χ0n) is 15.2. The van der Waals surface area contributed by atoms with Gasteiger partial charge in [0.25, 0.3) is 0 Å². The highest BCUT2D eigenvalue weighted by Crippen LogP contribution is 2.47. The number of ether oxygens (including phenoxy) is 1. The van der Waals surface area contributed by atoms with Gasteiger partial charge in [-0.15, -0.1) is 0 Å². The van der Waals surface area contributed by atoms with Crippen molar-refractivity contribution in [1.29, 1.82) is 0 Å². The van der Waals surface area contributed by atoms with Gasteiger partial charge in [0.2, 0.25) is 0 Å². The lowest BCUT2D eigenvalue weighted by molar-refractivity contribution is -0.149. The van der Waals surface area contributed by atoms with Crippen LogP contribution in [0.5, 0.6) is 11.5 Å². The van der Waals surface area contributed by atoms with Crippen molar-refractivity contribution < 1.29 is 23.1 Å². The Morgan fingerprint density at radius 2 is 1.78 bits per heavy atom. The summed E-state index contributed by atoms with van der Waals surface area (Å²) in [6.07, 6.45) is -0.306. The Balaban J connectivity index is 2.27. The highest BCUT2D eigenvalue weighted by molar-refractivity contribution is 9.10. The number of esters is 1. The van der Waals surface area contributed by atoms with Gasteiger partial charge in [-0.1, -0.05) is 34.1 Å². The predicted octanol–water partition coefficient (Wildman–Crippen LogP) is 4.53. The smallest absolute Gasteiger partial charge is 0.462 e. The van der Waals surface area contributed by atoms with E-state index in [4.69, 9.17) is 19.5 Å². The molecule has 0 saturated carbocycles. The highest BCUT2D eigenvalue weighted by atomic mass is 79.9. The van der Waals surface area contributed by atoms with Crippen LogP contribution in [0.3, 0.4) is 0 Å². The quantitative estimate of drug-likeness (QED) is 0.342. The number of hydrogen-bond acceptors (Lipinski definition) is 6. The summed E-state index contributed by atoms with van der Waals surface area (Å²) in [6, 6.07) is 12.4. The van der Waals surface area contributed by atoms with E-state index in [1.807, 2.05) is 0 Å². The van der Waals surface area contributed by atoms with Crippen LogP contribution in [0.15, 0.2) is 53.0 Å². The third-order valence-corrected chi connectivity index (χ3v) is 5.30. The molecule has 7 nitrogen and oxygen atoms in total. The van der Waals surface area contributed by atoms with Crippen molar-refractivity contribution in [2.45, 2.75) is 32.9 Å². The number of carbonyl (C=O) groups is 1. The molecule has 2 aromatic carbocycles. The molecule has 0 aromatic heterocycles. The molecule has 0 saturated heterocycles. The molecule has 1 unspecified atom stereocenters. The maximum Gasteiger partial charge on any atom is 0.513 e. The van der Waals surface area contributed by atoms with Crippen molar-refractivity contribution in [3.05, 3.63) is 53.0 Å². The van der Waals surface area contributed by atoms with Crippen molar-refractivity contribution in [1.82, 2.24) is 5.09 Å². The van der Waals surface area contributed by atoms with Gasteiger partial charge in [-0.05, 0) is 51.1 Å². The van der Waals surface area contributed by atoms with Crippen molar-refractivity contribution in [2.75, 3.05) is 5.73 Å². The van der Waals surface area contributed by atoms with Crippen molar-refractivity contribution >= 4 is 35.3 Å². The number of hydrogen-bond donors (Lipinski definition) is 2. The number of carbonyl (C=O) groups excluding carboxylic acids is 1. The molecule has 0 aliphatic heterocycles. The molecule has 2 rings (SSSR count). The fourth-order valence-corrected chi connectivity index (χ4v) is 3.97. The van der Waals surface area contributed by atoms with Crippen molar-refractivity contribution in [3.63, 3.8) is 0 Å². The van der Waals surface area contributed by atoms with Crippen LogP contribution in [-0.4, -0.2) is 18.1 Å². The van der Waals surface area contributed by atoms with E-state index >= 15 is 0 Å². The Hall–Kier alpha value is -2.02. The molecule has 0 spiro atoms. The van der Waals surface area contributed by atoms with Crippen LogP contribution in [0.1, 0.15) is 20.8 Å². The van der Waals surface area contributed by atoms with Crippen LogP contribution in [0.2, 0.25) is 0 Å². The molecule has 3 N–H and O–H groups in total. The SMILES string of the molecule is CC(C)OC(=O)[C@H](C)NP(=O)(Oc1ccccc1)Oc1ccc(Br)cc1N. The fourth-order valence-electron chi connectivity index (χ4n) is 2.05. The maximum absolute atomic E-state index is 13.4. The summed E-state index contributed by atoms with van der Waals surface area (Å²) in [7, 11) is -4.00. The van der Waals surface area contributed by atoms with Gasteiger partial charge in [-0.25, -0.2) is 4.57 Å². The predicted molar refractivity (Wildman–Crippen MR) is 108 cm³/mol. The molecule has 0 heterocycles. The average Bonchev–Trinajstić information content (AvgIpc) is 2.57. The van der Waals surface area contributed by atoms with Crippen LogP contribution in [0.25, 0.3) is 0 Å². The lowest BCUT2D eigenvalue weighted by Gasteiger charge is -2.24. The van der Waals surface area contributed by atoms with Crippen molar-refractivity contribution in [2.24, 2.45) is 0 Å². The molecule has 0 fully saturated rings. The van der Waals surface area contributed by atoms with E-state index in [9.17, 15) is 9.36 Å². The third-order valence-electron chi connectivity index (χ3n) is 3.22. The molecule has 0 aliphatic rings. The van der Waals surface area contributed by atoms with Crippen LogP contribution in [0.4, 0.5) is 5.69 Å². The largest absolute Gasteiger partial charge is 0.513 e. The first-order valence-electron chi connectivity index (χ1n) is 8.26. The fraction of sp³-hybridized carbons (Fsp3) is 0.278. The molecule has 2 atom stereocenters. The van der Waals surface area contributed by atoms with E-state index in [1.54, 1.807) is 62.4 Å².